The third kappa shape index (κ3) is 0.586. The zero-order valence-corrected chi connectivity index (χ0v) is 5.40. The summed E-state index contributed by atoms with van der Waals surface area (Å²) < 4.78 is 4.60. The van der Waals surface area contributed by atoms with Gasteiger partial charge in [0.2, 0.25) is 6.39 Å². The topological polar surface area (TPSA) is 51.8 Å². The molecule has 0 radical (unpaired) electrons. The van der Waals surface area contributed by atoms with Gasteiger partial charge in [-0.3, -0.25) is 4.98 Å². The highest BCUT2D eigenvalue weighted by Crippen LogP contribution is 2.17. The molecular formula is C6H5N3O. The SMILES string of the molecule is Cc1ncc2nocnc1-2. The van der Waals surface area contributed by atoms with Crippen molar-refractivity contribution in [2.75, 3.05) is 0 Å². The summed E-state index contributed by atoms with van der Waals surface area (Å²) in [4.78, 5) is 7.96. The van der Waals surface area contributed by atoms with Gasteiger partial charge in [-0.05, 0) is 6.92 Å². The molecule has 50 valence electrons. The molecule has 0 aliphatic carbocycles. The molecule has 0 spiro atoms. The first kappa shape index (κ1) is 5.34. The van der Waals surface area contributed by atoms with Gasteiger partial charge in [0.05, 0.1) is 11.9 Å². The summed E-state index contributed by atoms with van der Waals surface area (Å²) >= 11 is 0. The lowest BCUT2D eigenvalue weighted by Gasteiger charge is -1.90. The van der Waals surface area contributed by atoms with Gasteiger partial charge in [-0.15, -0.1) is 0 Å². The smallest absolute Gasteiger partial charge is 0.212 e. The van der Waals surface area contributed by atoms with Crippen LogP contribution in [-0.2, 0) is 0 Å². The molecule has 0 amide bonds. The molecule has 4 nitrogen and oxygen atoms in total. The molecule has 0 aromatic rings. The predicted molar refractivity (Wildman–Crippen MR) is 33.5 cm³/mol. The maximum atomic E-state index is 4.60. The van der Waals surface area contributed by atoms with Crippen molar-refractivity contribution in [3.8, 4) is 11.4 Å². The van der Waals surface area contributed by atoms with Crippen molar-refractivity contribution in [3.05, 3.63) is 18.3 Å². The highest BCUT2D eigenvalue weighted by atomic mass is 16.5. The molecular weight excluding hydrogens is 130 g/mol. The van der Waals surface area contributed by atoms with E-state index in [0.717, 1.165) is 11.4 Å². The van der Waals surface area contributed by atoms with Gasteiger partial charge in [-0.2, -0.15) is 0 Å². The van der Waals surface area contributed by atoms with Crippen LogP contribution in [0.5, 0.6) is 0 Å². The number of hydrogen-bond acceptors (Lipinski definition) is 4. The molecule has 0 N–H and O–H groups in total. The Kier molecular flexibility index (Phi) is 0.943. The first-order chi connectivity index (χ1) is 4.88. The third-order valence-corrected chi connectivity index (χ3v) is 1.35. The monoisotopic (exact) mass is 135 g/mol. The molecule has 0 saturated heterocycles. The van der Waals surface area contributed by atoms with E-state index >= 15 is 0 Å². The molecule has 4 heteroatoms. The number of rotatable bonds is 0. The van der Waals surface area contributed by atoms with Crippen LogP contribution in [0.15, 0.2) is 17.1 Å². The van der Waals surface area contributed by atoms with E-state index in [9.17, 15) is 0 Å². The fraction of sp³-hybridized carbons (Fsp3) is 0.167. The van der Waals surface area contributed by atoms with E-state index < -0.39 is 0 Å². The molecule has 0 saturated carbocycles. The van der Waals surface area contributed by atoms with Crippen LogP contribution >= 0.6 is 0 Å². The van der Waals surface area contributed by atoms with Crippen molar-refractivity contribution >= 4 is 0 Å². The van der Waals surface area contributed by atoms with Gasteiger partial charge < -0.3 is 4.52 Å². The largest absolute Gasteiger partial charge is 0.344 e. The zero-order valence-electron chi connectivity index (χ0n) is 5.40. The Morgan fingerprint density at radius 1 is 1.40 bits per heavy atom. The van der Waals surface area contributed by atoms with Gasteiger partial charge in [0.15, 0.2) is 0 Å². The Morgan fingerprint density at radius 2 is 2.30 bits per heavy atom. The number of hydrogen-bond donors (Lipinski definition) is 0. The third-order valence-electron chi connectivity index (χ3n) is 1.35. The maximum Gasteiger partial charge on any atom is 0.212 e. The summed E-state index contributed by atoms with van der Waals surface area (Å²) in [6, 6.07) is 0. The van der Waals surface area contributed by atoms with E-state index in [4.69, 9.17) is 0 Å². The van der Waals surface area contributed by atoms with Crippen LogP contribution in [0.25, 0.3) is 11.4 Å². The van der Waals surface area contributed by atoms with Crippen LogP contribution < -0.4 is 0 Å². The molecule has 0 aromatic heterocycles. The summed E-state index contributed by atoms with van der Waals surface area (Å²) in [5.41, 5.74) is 2.41. The summed E-state index contributed by atoms with van der Waals surface area (Å²) in [7, 11) is 0. The summed E-state index contributed by atoms with van der Waals surface area (Å²) in [5.74, 6) is 0. The van der Waals surface area contributed by atoms with Gasteiger partial charge in [-0.1, -0.05) is 5.16 Å². The van der Waals surface area contributed by atoms with E-state index in [2.05, 4.69) is 19.6 Å². The second-order valence-corrected chi connectivity index (χ2v) is 2.01. The Hall–Kier alpha value is -1.45. The fourth-order valence-corrected chi connectivity index (χ4v) is 0.849. The minimum atomic E-state index is 0.708. The first-order valence-electron chi connectivity index (χ1n) is 2.89. The molecule has 2 aliphatic heterocycles. The van der Waals surface area contributed by atoms with Crippen LogP contribution in [0.4, 0.5) is 0 Å². The lowest BCUT2D eigenvalue weighted by atomic mass is 10.3. The van der Waals surface area contributed by atoms with Gasteiger partial charge >= 0.3 is 0 Å². The van der Waals surface area contributed by atoms with Crippen molar-refractivity contribution in [3.63, 3.8) is 0 Å². The van der Waals surface area contributed by atoms with E-state index in [0.29, 0.717) is 5.69 Å². The van der Waals surface area contributed by atoms with Crippen molar-refractivity contribution in [2.24, 2.45) is 0 Å². The fourth-order valence-electron chi connectivity index (χ4n) is 0.849. The first-order valence-corrected chi connectivity index (χ1v) is 2.89. The van der Waals surface area contributed by atoms with E-state index in [1.165, 1.54) is 6.39 Å². The second-order valence-electron chi connectivity index (χ2n) is 2.01. The molecule has 2 rings (SSSR count). The molecule has 2 aliphatic rings. The zero-order chi connectivity index (χ0) is 6.97. The van der Waals surface area contributed by atoms with Crippen LogP contribution in [0, 0.1) is 6.92 Å². The van der Waals surface area contributed by atoms with Crippen molar-refractivity contribution in [2.45, 2.75) is 6.92 Å². The molecule has 10 heavy (non-hydrogen) atoms. The molecule has 0 fully saturated rings. The number of fused-ring (bicyclic) bond motifs is 1. The van der Waals surface area contributed by atoms with Gasteiger partial charge in [0.1, 0.15) is 11.4 Å². The molecule has 0 unspecified atom stereocenters. The molecule has 0 aromatic carbocycles. The second kappa shape index (κ2) is 1.76. The van der Waals surface area contributed by atoms with Crippen LogP contribution in [0.2, 0.25) is 0 Å². The molecule has 0 atom stereocenters. The predicted octanol–water partition coefficient (Wildman–Crippen LogP) is 0.878. The van der Waals surface area contributed by atoms with Gasteiger partial charge in [0, 0.05) is 0 Å². The average Bonchev–Trinajstić information content (AvgIpc) is 2.34. The average molecular weight is 135 g/mol. The maximum absolute atomic E-state index is 4.60. The molecule has 0 bridgehead atoms. The summed E-state index contributed by atoms with van der Waals surface area (Å²) in [6.07, 6.45) is 2.94. The van der Waals surface area contributed by atoms with Crippen LogP contribution in [0.3, 0.4) is 0 Å². The van der Waals surface area contributed by atoms with E-state index in [1.807, 2.05) is 6.92 Å². The number of aromatic nitrogens is 3. The standard InChI is InChI=1S/C6H5N3O/c1-4-6-5(2-7-4)9-10-3-8-6/h2-3H,1H3. The minimum absolute atomic E-state index is 0.708. The van der Waals surface area contributed by atoms with Crippen molar-refractivity contribution < 1.29 is 4.52 Å². The summed E-state index contributed by atoms with van der Waals surface area (Å²) in [5, 5.41) is 3.70. The Labute approximate surface area is 57.2 Å². The Morgan fingerprint density at radius 3 is 3.10 bits per heavy atom. The minimum Gasteiger partial charge on any atom is -0.344 e. The Bertz CT molecular complexity index is 317. The van der Waals surface area contributed by atoms with E-state index in [1.54, 1.807) is 6.20 Å². The van der Waals surface area contributed by atoms with Gasteiger partial charge in [0.25, 0.3) is 0 Å². The van der Waals surface area contributed by atoms with Crippen LogP contribution in [0.1, 0.15) is 5.69 Å². The molecule has 2 heterocycles. The van der Waals surface area contributed by atoms with Gasteiger partial charge in [-0.25, -0.2) is 4.98 Å². The van der Waals surface area contributed by atoms with Crippen molar-refractivity contribution in [1.29, 1.82) is 0 Å². The number of aryl methyl sites for hydroxylation is 1. The highest BCUT2D eigenvalue weighted by molar-refractivity contribution is 5.56. The van der Waals surface area contributed by atoms with Crippen molar-refractivity contribution in [1.82, 2.24) is 15.1 Å². The van der Waals surface area contributed by atoms with E-state index in [-0.39, 0.29) is 0 Å². The summed E-state index contributed by atoms with van der Waals surface area (Å²) in [6.45, 7) is 1.89. The lowest BCUT2D eigenvalue weighted by Crippen LogP contribution is -1.84. The lowest BCUT2D eigenvalue weighted by molar-refractivity contribution is 0.387. The van der Waals surface area contributed by atoms with Crippen LogP contribution in [-0.4, -0.2) is 15.1 Å². The normalized spacial score (nSPS) is 10.5. The Balaban J connectivity index is 2.78. The quantitative estimate of drug-likeness (QED) is 0.538. The number of nitrogens with zero attached hydrogens (tertiary/aromatic N) is 3. The highest BCUT2D eigenvalue weighted by Gasteiger charge is 2.09.